The van der Waals surface area contributed by atoms with Gasteiger partial charge in [-0.15, -0.1) is 0 Å². The van der Waals surface area contributed by atoms with E-state index in [1.165, 1.54) is 76.1 Å². The van der Waals surface area contributed by atoms with E-state index in [-0.39, 0.29) is 0 Å². The number of aromatic amines is 5. The molecule has 0 radical (unpaired) electrons. The van der Waals surface area contributed by atoms with Crippen molar-refractivity contribution in [2.45, 2.75) is 26.7 Å². The molecule has 0 unspecified atom stereocenters. The quantitative estimate of drug-likeness (QED) is 0.123. The summed E-state index contributed by atoms with van der Waals surface area (Å²) in [5, 5.41) is 12.3. The first-order chi connectivity index (χ1) is 25.0. The maximum absolute atomic E-state index is 4.00. The van der Waals surface area contributed by atoms with Gasteiger partial charge in [0.2, 0.25) is 0 Å². The molecule has 0 amide bonds. The molecule has 12 aromatic rings. The molecule has 0 saturated heterocycles. The van der Waals surface area contributed by atoms with Crippen LogP contribution < -0.4 is 0 Å². The highest BCUT2D eigenvalue weighted by atomic mass is 14.8. The molecule has 0 aliphatic heterocycles. The number of para-hydroxylation sites is 2. The Morgan fingerprint density at radius 1 is 0.373 bits per heavy atom. The molecular weight excluding hydrogens is 623 g/mol. The van der Waals surface area contributed by atoms with Crippen LogP contribution in [-0.4, -0.2) is 24.9 Å². The minimum atomic E-state index is 0.355. The van der Waals surface area contributed by atoms with Crippen LogP contribution in [0.3, 0.4) is 0 Å². The van der Waals surface area contributed by atoms with E-state index in [2.05, 4.69) is 155 Å². The Labute approximate surface area is 291 Å². The van der Waals surface area contributed by atoms with Gasteiger partial charge in [0, 0.05) is 92.5 Å². The second-order valence-corrected chi connectivity index (χ2v) is 14.8. The van der Waals surface area contributed by atoms with E-state index in [1.807, 2.05) is 0 Å². The SMILES string of the molecule is Cc1ccccc1-c1cc2[nH]c3c(c2cc1C(C)C)c1[nH]c2cc4c(cc2c1c1[nH]c2cc5c(cc2c31)[nH]c1ccccc15)[nH]c1ccccc14. The lowest BCUT2D eigenvalue weighted by Crippen LogP contribution is -1.94. The molecular formula is C46H33N5. The second-order valence-electron chi connectivity index (χ2n) is 14.8. The van der Waals surface area contributed by atoms with Gasteiger partial charge >= 0.3 is 0 Å². The number of aryl methyl sites for hydroxylation is 1. The normalized spacial score (nSPS) is 12.8. The maximum Gasteiger partial charge on any atom is 0.0588 e. The first kappa shape index (κ1) is 27.4. The van der Waals surface area contributed by atoms with Crippen molar-refractivity contribution in [2.75, 3.05) is 0 Å². The third kappa shape index (κ3) is 3.50. The van der Waals surface area contributed by atoms with Crippen LogP contribution in [0.4, 0.5) is 0 Å². The zero-order valence-corrected chi connectivity index (χ0v) is 28.5. The molecule has 0 spiro atoms. The molecule has 12 rings (SSSR count). The number of hydrogen-bond acceptors (Lipinski definition) is 0. The van der Waals surface area contributed by atoms with Crippen LogP contribution in [0.2, 0.25) is 0 Å². The molecule has 5 heterocycles. The number of hydrogen-bond donors (Lipinski definition) is 5. The summed E-state index contributed by atoms with van der Waals surface area (Å²) in [7, 11) is 0. The first-order valence-corrected chi connectivity index (χ1v) is 17.9. The van der Waals surface area contributed by atoms with Gasteiger partial charge in [-0.3, -0.25) is 0 Å². The largest absolute Gasteiger partial charge is 0.354 e. The zero-order valence-electron chi connectivity index (χ0n) is 28.5. The van der Waals surface area contributed by atoms with Crippen molar-refractivity contribution >= 4 is 109 Å². The average Bonchev–Trinajstić information content (AvgIpc) is 3.94. The van der Waals surface area contributed by atoms with E-state index in [0.29, 0.717) is 5.92 Å². The predicted octanol–water partition coefficient (Wildman–Crippen LogP) is 13.0. The van der Waals surface area contributed by atoms with E-state index in [9.17, 15) is 0 Å². The first-order valence-electron chi connectivity index (χ1n) is 17.9. The molecule has 5 heteroatoms. The number of H-pyrrole nitrogens is 5. The van der Waals surface area contributed by atoms with Gasteiger partial charge in [0.15, 0.2) is 0 Å². The summed E-state index contributed by atoms with van der Waals surface area (Å²) in [5.74, 6) is 0.355. The second kappa shape index (κ2) is 9.40. The molecule has 0 atom stereocenters. The van der Waals surface area contributed by atoms with Crippen molar-refractivity contribution in [3.8, 4) is 11.1 Å². The molecule has 5 aromatic heterocycles. The Bertz CT molecular complexity index is 3460. The van der Waals surface area contributed by atoms with Crippen LogP contribution in [0.25, 0.3) is 120 Å². The topological polar surface area (TPSA) is 78.9 Å². The molecule has 5 nitrogen and oxygen atoms in total. The molecule has 242 valence electrons. The van der Waals surface area contributed by atoms with Gasteiger partial charge in [-0.1, -0.05) is 74.5 Å². The standard InChI is InChI=1S/C46H33N5/c1-22(2)27-16-31-38(17-28(27)24-11-5-4-10-23(24)3)49-44-41(31)45-43(32-20-36-29(18-39(32)50-45)25-12-6-8-14-34(25)47-36)46-42(44)33-21-37-30(19-40(33)51-46)26-13-7-9-15-35(26)48-37/h4-22,47-51H,1-3H3. The van der Waals surface area contributed by atoms with E-state index in [1.54, 1.807) is 0 Å². The lowest BCUT2D eigenvalue weighted by molar-refractivity contribution is 0.871. The Morgan fingerprint density at radius 3 is 1.33 bits per heavy atom. The molecule has 5 N–H and O–H groups in total. The summed E-state index contributed by atoms with van der Waals surface area (Å²) in [5.41, 5.74) is 16.8. The van der Waals surface area contributed by atoms with Crippen LogP contribution in [0, 0.1) is 6.92 Å². The van der Waals surface area contributed by atoms with Gasteiger partial charge in [-0.2, -0.15) is 0 Å². The summed E-state index contributed by atoms with van der Waals surface area (Å²) in [4.78, 5) is 19.4. The minimum absolute atomic E-state index is 0.355. The van der Waals surface area contributed by atoms with Crippen molar-refractivity contribution in [3.63, 3.8) is 0 Å². The number of nitrogens with one attached hydrogen (secondary N) is 5. The molecule has 0 fully saturated rings. The van der Waals surface area contributed by atoms with Crippen LogP contribution in [0.15, 0.2) is 109 Å². The van der Waals surface area contributed by atoms with Gasteiger partial charge < -0.3 is 24.9 Å². The maximum atomic E-state index is 4.00. The van der Waals surface area contributed by atoms with Crippen molar-refractivity contribution in [1.29, 1.82) is 0 Å². The lowest BCUT2D eigenvalue weighted by Gasteiger charge is -2.15. The fourth-order valence-electron chi connectivity index (χ4n) is 9.27. The Morgan fingerprint density at radius 2 is 0.804 bits per heavy atom. The predicted molar refractivity (Wildman–Crippen MR) is 218 cm³/mol. The molecule has 0 bridgehead atoms. The molecule has 0 aliphatic carbocycles. The smallest absolute Gasteiger partial charge is 0.0588 e. The van der Waals surface area contributed by atoms with Gasteiger partial charge in [-0.05, 0) is 83.6 Å². The lowest BCUT2D eigenvalue weighted by atomic mass is 9.89. The third-order valence-corrected chi connectivity index (χ3v) is 11.6. The summed E-state index contributed by atoms with van der Waals surface area (Å²) >= 11 is 0. The Kier molecular flexibility index (Phi) is 5.05. The molecule has 0 aliphatic rings. The highest BCUT2D eigenvalue weighted by Crippen LogP contribution is 2.47. The highest BCUT2D eigenvalue weighted by molar-refractivity contribution is 6.40. The Hall–Kier alpha value is -6.46. The molecule has 0 saturated carbocycles. The Balaban J connectivity index is 1.29. The van der Waals surface area contributed by atoms with Gasteiger partial charge in [0.05, 0.1) is 16.6 Å². The van der Waals surface area contributed by atoms with E-state index < -0.39 is 0 Å². The summed E-state index contributed by atoms with van der Waals surface area (Å²) in [6.45, 7) is 6.84. The van der Waals surface area contributed by atoms with Crippen molar-refractivity contribution in [1.82, 2.24) is 24.9 Å². The fourth-order valence-corrected chi connectivity index (χ4v) is 9.27. The molecule has 51 heavy (non-hydrogen) atoms. The van der Waals surface area contributed by atoms with Gasteiger partial charge in [0.1, 0.15) is 0 Å². The highest BCUT2D eigenvalue weighted by Gasteiger charge is 2.24. The van der Waals surface area contributed by atoms with Crippen LogP contribution in [0.5, 0.6) is 0 Å². The monoisotopic (exact) mass is 655 g/mol. The summed E-state index contributed by atoms with van der Waals surface area (Å²) in [6, 6.07) is 40.2. The van der Waals surface area contributed by atoms with E-state index in [0.717, 1.165) is 55.2 Å². The fraction of sp³-hybridized carbons (Fsp3) is 0.0870. The van der Waals surface area contributed by atoms with Crippen molar-refractivity contribution in [3.05, 3.63) is 120 Å². The van der Waals surface area contributed by atoms with Crippen LogP contribution in [0.1, 0.15) is 30.9 Å². The van der Waals surface area contributed by atoms with Crippen molar-refractivity contribution < 1.29 is 0 Å². The van der Waals surface area contributed by atoms with Gasteiger partial charge in [-0.25, -0.2) is 0 Å². The number of aromatic nitrogens is 5. The van der Waals surface area contributed by atoms with Crippen LogP contribution >= 0.6 is 0 Å². The number of fused-ring (bicyclic) bond motifs is 18. The van der Waals surface area contributed by atoms with E-state index >= 15 is 0 Å². The zero-order chi connectivity index (χ0) is 33.7. The number of rotatable bonds is 2. The number of benzene rings is 7. The van der Waals surface area contributed by atoms with E-state index in [4.69, 9.17) is 0 Å². The minimum Gasteiger partial charge on any atom is -0.354 e. The van der Waals surface area contributed by atoms with Crippen LogP contribution in [-0.2, 0) is 0 Å². The summed E-state index contributed by atoms with van der Waals surface area (Å²) in [6.07, 6.45) is 0. The average molecular weight is 656 g/mol. The third-order valence-electron chi connectivity index (χ3n) is 11.6. The summed E-state index contributed by atoms with van der Waals surface area (Å²) < 4.78 is 0. The van der Waals surface area contributed by atoms with Crippen molar-refractivity contribution in [2.24, 2.45) is 0 Å². The molecule has 7 aromatic carbocycles. The van der Waals surface area contributed by atoms with Gasteiger partial charge in [0.25, 0.3) is 0 Å².